The molecule has 1 aromatic heterocycles. The Morgan fingerprint density at radius 1 is 1.18 bits per heavy atom. The molecule has 0 radical (unpaired) electrons. The number of imidazole rings is 1. The smallest absolute Gasteiger partial charge is 0.223 e. The standard InChI is InChI=1S/C27H32N4O3/c1-34-20-11-9-19(10-12-20)18-27(15-13-24(32)30-27)16-14-25(33)31-17-5-4-8-23(31)26-28-21-6-2-3-7-22(21)29-26/h2-3,6-7,9-12,23H,4-5,8,13-18H2,1H3,(H,28,29)(H,30,32)/t23-,27-/m1/s1. The molecule has 0 bridgehead atoms. The number of H-pyrrole nitrogens is 1. The van der Waals surface area contributed by atoms with Crippen LogP contribution in [0.3, 0.4) is 0 Å². The number of carbonyl (C=O) groups excluding carboxylic acids is 2. The highest BCUT2D eigenvalue weighted by molar-refractivity contribution is 5.81. The van der Waals surface area contributed by atoms with Crippen molar-refractivity contribution in [2.75, 3.05) is 13.7 Å². The van der Waals surface area contributed by atoms with Crippen molar-refractivity contribution in [3.05, 3.63) is 59.9 Å². The first-order valence-electron chi connectivity index (χ1n) is 12.2. The predicted octanol–water partition coefficient (Wildman–Crippen LogP) is 4.30. The number of aromatic nitrogens is 2. The summed E-state index contributed by atoms with van der Waals surface area (Å²) in [5.41, 5.74) is 2.69. The molecule has 2 amide bonds. The molecule has 0 aliphatic carbocycles. The van der Waals surface area contributed by atoms with Crippen LogP contribution >= 0.6 is 0 Å². The molecule has 2 atom stereocenters. The fourth-order valence-corrected chi connectivity index (χ4v) is 5.45. The van der Waals surface area contributed by atoms with Gasteiger partial charge in [0.25, 0.3) is 0 Å². The lowest BCUT2D eigenvalue weighted by Gasteiger charge is -2.36. The molecule has 3 aromatic rings. The number of para-hydroxylation sites is 2. The number of hydrogen-bond donors (Lipinski definition) is 2. The summed E-state index contributed by atoms with van der Waals surface area (Å²) in [6.45, 7) is 0.748. The average molecular weight is 461 g/mol. The number of amides is 2. The number of rotatable bonds is 7. The molecule has 178 valence electrons. The molecule has 7 nitrogen and oxygen atoms in total. The van der Waals surface area contributed by atoms with Crippen molar-refractivity contribution in [1.29, 1.82) is 0 Å². The van der Waals surface area contributed by atoms with Crippen molar-refractivity contribution in [2.45, 2.75) is 62.9 Å². The van der Waals surface area contributed by atoms with Gasteiger partial charge in [-0.1, -0.05) is 24.3 Å². The van der Waals surface area contributed by atoms with Gasteiger partial charge in [-0.25, -0.2) is 4.98 Å². The number of likely N-dealkylation sites (tertiary alicyclic amines) is 1. The van der Waals surface area contributed by atoms with Crippen LogP contribution in [0.25, 0.3) is 11.0 Å². The van der Waals surface area contributed by atoms with Crippen molar-refractivity contribution < 1.29 is 14.3 Å². The second-order valence-electron chi connectivity index (χ2n) is 9.59. The first-order valence-corrected chi connectivity index (χ1v) is 12.2. The molecule has 2 saturated heterocycles. The molecule has 2 aromatic carbocycles. The van der Waals surface area contributed by atoms with Crippen LogP contribution in [0.2, 0.25) is 0 Å². The van der Waals surface area contributed by atoms with E-state index in [-0.39, 0.29) is 23.4 Å². The van der Waals surface area contributed by atoms with Gasteiger partial charge < -0.3 is 19.9 Å². The van der Waals surface area contributed by atoms with E-state index in [9.17, 15) is 9.59 Å². The number of ether oxygens (including phenoxy) is 1. The average Bonchev–Trinajstić information content (AvgIpc) is 3.46. The van der Waals surface area contributed by atoms with Gasteiger partial charge in [0, 0.05) is 24.9 Å². The number of piperidine rings is 1. The third-order valence-corrected chi connectivity index (χ3v) is 7.30. The molecule has 0 unspecified atom stereocenters. The number of hydrogen-bond acceptors (Lipinski definition) is 4. The summed E-state index contributed by atoms with van der Waals surface area (Å²) in [5, 5.41) is 3.20. The normalized spacial score (nSPS) is 22.7. The van der Waals surface area contributed by atoms with Gasteiger partial charge in [-0.3, -0.25) is 9.59 Å². The van der Waals surface area contributed by atoms with Crippen LogP contribution in [0.1, 0.15) is 62.4 Å². The molecule has 7 heteroatoms. The highest BCUT2D eigenvalue weighted by Crippen LogP contribution is 2.34. The van der Waals surface area contributed by atoms with Crippen LogP contribution in [0.4, 0.5) is 0 Å². The summed E-state index contributed by atoms with van der Waals surface area (Å²) < 4.78 is 5.27. The quantitative estimate of drug-likeness (QED) is 0.550. The van der Waals surface area contributed by atoms with Crippen LogP contribution < -0.4 is 10.1 Å². The fourth-order valence-electron chi connectivity index (χ4n) is 5.45. The third-order valence-electron chi connectivity index (χ3n) is 7.30. The van der Waals surface area contributed by atoms with Crippen LogP contribution in [-0.2, 0) is 16.0 Å². The van der Waals surface area contributed by atoms with Gasteiger partial charge in [-0.05, 0) is 68.4 Å². The Bertz CT molecular complexity index is 1140. The van der Waals surface area contributed by atoms with E-state index in [0.29, 0.717) is 25.7 Å². The zero-order chi connectivity index (χ0) is 23.5. The molecule has 2 aliphatic heterocycles. The van der Waals surface area contributed by atoms with Crippen LogP contribution in [0.5, 0.6) is 5.75 Å². The van der Waals surface area contributed by atoms with E-state index in [2.05, 4.69) is 10.3 Å². The molecule has 5 rings (SSSR count). The van der Waals surface area contributed by atoms with Crippen LogP contribution in [0.15, 0.2) is 48.5 Å². The number of benzene rings is 2. The van der Waals surface area contributed by atoms with Gasteiger partial charge in [-0.2, -0.15) is 0 Å². The highest BCUT2D eigenvalue weighted by Gasteiger charge is 2.39. The Hall–Kier alpha value is -3.35. The summed E-state index contributed by atoms with van der Waals surface area (Å²) in [6, 6.07) is 15.9. The maximum Gasteiger partial charge on any atom is 0.223 e. The van der Waals surface area contributed by atoms with Gasteiger partial charge in [-0.15, -0.1) is 0 Å². The maximum absolute atomic E-state index is 13.5. The molecule has 2 fully saturated rings. The monoisotopic (exact) mass is 460 g/mol. The lowest BCUT2D eigenvalue weighted by atomic mass is 9.84. The second-order valence-corrected chi connectivity index (χ2v) is 9.59. The molecular formula is C27H32N4O3. The van der Waals surface area contributed by atoms with E-state index in [1.165, 1.54) is 0 Å². The summed E-state index contributed by atoms with van der Waals surface area (Å²) in [7, 11) is 1.65. The largest absolute Gasteiger partial charge is 0.497 e. The van der Waals surface area contributed by atoms with E-state index in [1.54, 1.807) is 7.11 Å². The molecule has 3 heterocycles. The molecule has 0 saturated carbocycles. The van der Waals surface area contributed by atoms with Gasteiger partial charge in [0.15, 0.2) is 0 Å². The van der Waals surface area contributed by atoms with Crippen molar-refractivity contribution in [2.24, 2.45) is 0 Å². The SMILES string of the molecule is COc1ccc(C[C@]2(CCC(=O)N3CCCC[C@@H]3c3nc4ccccc4[nH]3)CCC(=O)N2)cc1. The topological polar surface area (TPSA) is 87.3 Å². The Labute approximate surface area is 199 Å². The maximum atomic E-state index is 13.5. The van der Waals surface area contributed by atoms with Crippen molar-refractivity contribution >= 4 is 22.8 Å². The van der Waals surface area contributed by atoms with Crippen molar-refractivity contribution in [3.8, 4) is 5.75 Å². The van der Waals surface area contributed by atoms with E-state index in [0.717, 1.165) is 60.4 Å². The number of aromatic amines is 1. The molecule has 2 aliphatic rings. The second kappa shape index (κ2) is 9.49. The zero-order valence-corrected chi connectivity index (χ0v) is 19.7. The number of methoxy groups -OCH3 is 1. The highest BCUT2D eigenvalue weighted by atomic mass is 16.5. The first-order chi connectivity index (χ1) is 16.5. The van der Waals surface area contributed by atoms with Crippen molar-refractivity contribution in [1.82, 2.24) is 20.2 Å². The molecule has 34 heavy (non-hydrogen) atoms. The van der Waals surface area contributed by atoms with Crippen LogP contribution in [0, 0.1) is 0 Å². The van der Waals surface area contributed by atoms with Gasteiger partial charge in [0.1, 0.15) is 11.6 Å². The van der Waals surface area contributed by atoms with E-state index < -0.39 is 0 Å². The summed E-state index contributed by atoms with van der Waals surface area (Å²) >= 11 is 0. The molecule has 2 N–H and O–H groups in total. The first kappa shape index (κ1) is 22.4. The van der Waals surface area contributed by atoms with Gasteiger partial charge in [0.05, 0.1) is 24.2 Å². The minimum absolute atomic E-state index is 0.0237. The minimum atomic E-state index is -0.383. The molecule has 0 spiro atoms. The number of carbonyl (C=O) groups is 2. The number of fused-ring (bicyclic) bond motifs is 1. The van der Waals surface area contributed by atoms with Crippen LogP contribution in [-0.4, -0.2) is 45.9 Å². The van der Waals surface area contributed by atoms with Crippen molar-refractivity contribution in [3.63, 3.8) is 0 Å². The zero-order valence-electron chi connectivity index (χ0n) is 19.7. The Kier molecular flexibility index (Phi) is 6.26. The minimum Gasteiger partial charge on any atom is -0.497 e. The van der Waals surface area contributed by atoms with E-state index >= 15 is 0 Å². The Balaban J connectivity index is 1.30. The van der Waals surface area contributed by atoms with Gasteiger partial charge >= 0.3 is 0 Å². The lowest BCUT2D eigenvalue weighted by molar-refractivity contribution is -0.136. The molecular weight excluding hydrogens is 428 g/mol. The Morgan fingerprint density at radius 3 is 2.74 bits per heavy atom. The lowest BCUT2D eigenvalue weighted by Crippen LogP contribution is -2.45. The summed E-state index contributed by atoms with van der Waals surface area (Å²) in [6.07, 6.45) is 6.02. The summed E-state index contributed by atoms with van der Waals surface area (Å²) in [4.78, 5) is 35.9. The number of nitrogens with zero attached hydrogens (tertiary/aromatic N) is 2. The fraction of sp³-hybridized carbons (Fsp3) is 0.444. The number of nitrogens with one attached hydrogen (secondary N) is 2. The Morgan fingerprint density at radius 2 is 2.00 bits per heavy atom. The third kappa shape index (κ3) is 4.65. The van der Waals surface area contributed by atoms with Gasteiger partial charge in [0.2, 0.25) is 11.8 Å². The predicted molar refractivity (Wildman–Crippen MR) is 130 cm³/mol. The van der Waals surface area contributed by atoms with E-state index in [1.807, 2.05) is 53.4 Å². The van der Waals surface area contributed by atoms with E-state index in [4.69, 9.17) is 9.72 Å². The summed E-state index contributed by atoms with van der Waals surface area (Å²) in [5.74, 6) is 1.89.